The molecule has 1 aliphatic carbocycles. The van der Waals surface area contributed by atoms with E-state index in [2.05, 4.69) is 4.98 Å². The van der Waals surface area contributed by atoms with Crippen LogP contribution in [0.15, 0.2) is 22.6 Å². The first-order valence-corrected chi connectivity index (χ1v) is 6.21. The highest BCUT2D eigenvalue weighted by atomic mass is 16.7. The molecule has 1 fully saturated rings. The number of nitrogens with zero attached hydrogens (tertiary/aromatic N) is 1. The summed E-state index contributed by atoms with van der Waals surface area (Å²) in [4.78, 5) is 15.3. The van der Waals surface area contributed by atoms with Crippen molar-refractivity contribution < 1.29 is 18.7 Å². The smallest absolute Gasteiger partial charge is 0.231 e. The second-order valence-electron chi connectivity index (χ2n) is 4.73. The maximum atomic E-state index is 11.0. The molecule has 0 saturated heterocycles. The van der Waals surface area contributed by atoms with Crippen LogP contribution in [0.5, 0.6) is 11.5 Å². The lowest BCUT2D eigenvalue weighted by Gasteiger charge is -1.98. The molecule has 0 amide bonds. The largest absolute Gasteiger partial charge is 0.454 e. The number of aldehydes is 1. The van der Waals surface area contributed by atoms with E-state index in [1.165, 1.54) is 0 Å². The second-order valence-corrected chi connectivity index (χ2v) is 4.73. The third kappa shape index (κ3) is 1.69. The van der Waals surface area contributed by atoms with E-state index in [9.17, 15) is 4.79 Å². The fourth-order valence-corrected chi connectivity index (χ4v) is 2.22. The lowest BCUT2D eigenvalue weighted by atomic mass is 10.2. The highest BCUT2D eigenvalue weighted by Gasteiger charge is 2.31. The molecule has 1 aromatic carbocycles. The van der Waals surface area contributed by atoms with Crippen LogP contribution in [-0.2, 0) is 0 Å². The predicted octanol–water partition coefficient (Wildman–Crippen LogP) is 2.76. The highest BCUT2D eigenvalue weighted by Crippen LogP contribution is 2.43. The Morgan fingerprint density at radius 1 is 1.21 bits per heavy atom. The molecule has 1 aromatic heterocycles. The van der Waals surface area contributed by atoms with Crippen molar-refractivity contribution in [2.45, 2.75) is 18.8 Å². The van der Waals surface area contributed by atoms with Gasteiger partial charge in [0.1, 0.15) is 11.5 Å². The molecule has 0 N–H and O–H groups in total. The summed E-state index contributed by atoms with van der Waals surface area (Å²) < 4.78 is 16.3. The highest BCUT2D eigenvalue weighted by molar-refractivity contribution is 5.75. The third-order valence-electron chi connectivity index (χ3n) is 3.36. The summed E-state index contributed by atoms with van der Waals surface area (Å²) in [5, 5.41) is 0. The van der Waals surface area contributed by atoms with E-state index in [-0.39, 0.29) is 6.79 Å². The van der Waals surface area contributed by atoms with Gasteiger partial charge in [0.2, 0.25) is 12.7 Å². The van der Waals surface area contributed by atoms with E-state index in [0.29, 0.717) is 34.8 Å². The fraction of sp³-hybridized carbons (Fsp3) is 0.286. The van der Waals surface area contributed by atoms with Crippen LogP contribution in [0, 0.1) is 0 Å². The van der Waals surface area contributed by atoms with E-state index < -0.39 is 0 Å². The lowest BCUT2D eigenvalue weighted by molar-refractivity contribution is 0.111. The number of hydrogen-bond donors (Lipinski definition) is 0. The van der Waals surface area contributed by atoms with Gasteiger partial charge in [-0.1, -0.05) is 0 Å². The van der Waals surface area contributed by atoms with Gasteiger partial charge in [-0.2, -0.15) is 0 Å². The molecule has 96 valence electrons. The molecular weight excluding hydrogens is 246 g/mol. The van der Waals surface area contributed by atoms with Crippen molar-refractivity contribution in [1.29, 1.82) is 0 Å². The zero-order chi connectivity index (χ0) is 12.8. The maximum Gasteiger partial charge on any atom is 0.231 e. The van der Waals surface area contributed by atoms with Crippen molar-refractivity contribution >= 4 is 6.29 Å². The Morgan fingerprint density at radius 2 is 2.05 bits per heavy atom. The van der Waals surface area contributed by atoms with Crippen LogP contribution < -0.4 is 9.47 Å². The van der Waals surface area contributed by atoms with Crippen LogP contribution in [0.1, 0.15) is 35.0 Å². The minimum Gasteiger partial charge on any atom is -0.454 e. The quantitative estimate of drug-likeness (QED) is 0.791. The summed E-state index contributed by atoms with van der Waals surface area (Å²) in [7, 11) is 0. The van der Waals surface area contributed by atoms with Crippen molar-refractivity contribution in [3.05, 3.63) is 29.7 Å². The zero-order valence-corrected chi connectivity index (χ0v) is 10.1. The number of rotatable bonds is 3. The Balaban J connectivity index is 1.77. The Kier molecular flexibility index (Phi) is 2.15. The van der Waals surface area contributed by atoms with Gasteiger partial charge >= 0.3 is 0 Å². The van der Waals surface area contributed by atoms with E-state index in [1.54, 1.807) is 0 Å². The molecule has 4 rings (SSSR count). The van der Waals surface area contributed by atoms with Gasteiger partial charge in [-0.25, -0.2) is 4.98 Å². The summed E-state index contributed by atoms with van der Waals surface area (Å²) >= 11 is 0. The molecule has 0 radical (unpaired) electrons. The number of fused-ring (bicyclic) bond motifs is 1. The zero-order valence-electron chi connectivity index (χ0n) is 10.1. The summed E-state index contributed by atoms with van der Waals surface area (Å²) in [5.74, 6) is 2.92. The number of oxazole rings is 1. The van der Waals surface area contributed by atoms with Crippen LogP contribution >= 0.6 is 0 Å². The van der Waals surface area contributed by atoms with Gasteiger partial charge in [-0.15, -0.1) is 0 Å². The normalized spacial score (nSPS) is 16.6. The molecule has 2 heterocycles. The SMILES string of the molecule is O=Cc1nc(-c2ccc3c(c2)OCO3)oc1C1CC1. The molecule has 1 saturated carbocycles. The van der Waals surface area contributed by atoms with Gasteiger partial charge in [0.15, 0.2) is 17.8 Å². The Hall–Kier alpha value is -2.30. The van der Waals surface area contributed by atoms with Gasteiger partial charge in [-0.3, -0.25) is 4.79 Å². The van der Waals surface area contributed by atoms with E-state index >= 15 is 0 Å². The monoisotopic (exact) mass is 257 g/mol. The molecule has 0 bridgehead atoms. The van der Waals surface area contributed by atoms with Crippen LogP contribution in [0.3, 0.4) is 0 Å². The van der Waals surface area contributed by atoms with E-state index in [4.69, 9.17) is 13.9 Å². The van der Waals surface area contributed by atoms with Crippen LogP contribution in [0.2, 0.25) is 0 Å². The van der Waals surface area contributed by atoms with Gasteiger partial charge in [0.25, 0.3) is 0 Å². The number of hydrogen-bond acceptors (Lipinski definition) is 5. The first-order chi connectivity index (χ1) is 9.35. The molecule has 5 nitrogen and oxygen atoms in total. The standard InChI is InChI=1S/C14H11NO4/c16-6-10-13(8-1-2-8)19-14(15-10)9-3-4-11-12(5-9)18-7-17-11/h3-6,8H,1-2,7H2. The van der Waals surface area contributed by atoms with E-state index in [1.807, 2.05) is 18.2 Å². The molecular formula is C14H11NO4. The minimum absolute atomic E-state index is 0.233. The fourth-order valence-electron chi connectivity index (χ4n) is 2.22. The topological polar surface area (TPSA) is 61.6 Å². The molecule has 1 aliphatic heterocycles. The van der Waals surface area contributed by atoms with Crippen molar-refractivity contribution in [3.63, 3.8) is 0 Å². The van der Waals surface area contributed by atoms with Crippen LogP contribution in [0.4, 0.5) is 0 Å². The molecule has 0 atom stereocenters. The lowest BCUT2D eigenvalue weighted by Crippen LogP contribution is -1.92. The Morgan fingerprint density at radius 3 is 2.84 bits per heavy atom. The molecule has 2 aromatic rings. The van der Waals surface area contributed by atoms with Gasteiger partial charge in [-0.05, 0) is 31.0 Å². The predicted molar refractivity (Wildman–Crippen MR) is 65.4 cm³/mol. The third-order valence-corrected chi connectivity index (χ3v) is 3.36. The second kappa shape index (κ2) is 3.85. The number of aromatic nitrogens is 1. The van der Waals surface area contributed by atoms with Gasteiger partial charge in [0.05, 0.1) is 0 Å². The molecule has 19 heavy (non-hydrogen) atoms. The molecule has 5 heteroatoms. The average Bonchev–Trinajstić information content (AvgIpc) is 3.03. The summed E-state index contributed by atoms with van der Waals surface area (Å²) in [6.07, 6.45) is 2.89. The first kappa shape index (κ1) is 10.6. The number of benzene rings is 1. The van der Waals surface area contributed by atoms with Gasteiger partial charge in [0, 0.05) is 11.5 Å². The summed E-state index contributed by atoms with van der Waals surface area (Å²) in [6, 6.07) is 5.49. The number of carbonyl (C=O) groups is 1. The van der Waals surface area contributed by atoms with Crippen molar-refractivity contribution in [2.24, 2.45) is 0 Å². The van der Waals surface area contributed by atoms with Crippen molar-refractivity contribution in [2.75, 3.05) is 6.79 Å². The minimum atomic E-state index is 0.233. The maximum absolute atomic E-state index is 11.0. The number of carbonyl (C=O) groups excluding carboxylic acids is 1. The molecule has 2 aliphatic rings. The van der Waals surface area contributed by atoms with Crippen molar-refractivity contribution in [1.82, 2.24) is 4.98 Å². The van der Waals surface area contributed by atoms with Crippen LogP contribution in [-0.4, -0.2) is 18.1 Å². The van der Waals surface area contributed by atoms with Crippen molar-refractivity contribution in [3.8, 4) is 23.0 Å². The van der Waals surface area contributed by atoms with Gasteiger partial charge < -0.3 is 13.9 Å². The van der Waals surface area contributed by atoms with Crippen LogP contribution in [0.25, 0.3) is 11.5 Å². The molecule has 0 spiro atoms. The molecule has 0 unspecified atom stereocenters. The average molecular weight is 257 g/mol. The number of ether oxygens (including phenoxy) is 2. The Labute approximate surface area is 109 Å². The summed E-state index contributed by atoms with van der Waals surface area (Å²) in [6.45, 7) is 0.233. The first-order valence-electron chi connectivity index (χ1n) is 6.21. The van der Waals surface area contributed by atoms with E-state index in [0.717, 1.165) is 24.7 Å². The summed E-state index contributed by atoms with van der Waals surface area (Å²) in [5.41, 5.74) is 1.20. The Bertz CT molecular complexity index is 657.